The van der Waals surface area contributed by atoms with Crippen LogP contribution in [0.5, 0.6) is 0 Å². The highest BCUT2D eigenvalue weighted by Crippen LogP contribution is 2.23. The van der Waals surface area contributed by atoms with Crippen LogP contribution in [0.1, 0.15) is 44.0 Å². The zero-order chi connectivity index (χ0) is 15.9. The van der Waals surface area contributed by atoms with Crippen molar-refractivity contribution in [3.05, 3.63) is 16.1 Å². The molecule has 0 aliphatic heterocycles. The Morgan fingerprint density at radius 1 is 1.38 bits per heavy atom. The van der Waals surface area contributed by atoms with E-state index in [-0.39, 0.29) is 5.41 Å². The van der Waals surface area contributed by atoms with E-state index in [1.807, 2.05) is 13.2 Å². The van der Waals surface area contributed by atoms with Gasteiger partial charge < -0.3 is 10.6 Å². The molecular formula is C16H30N4S. The van der Waals surface area contributed by atoms with E-state index >= 15 is 0 Å². The summed E-state index contributed by atoms with van der Waals surface area (Å²) < 4.78 is 0. The zero-order valence-electron chi connectivity index (χ0n) is 14.3. The van der Waals surface area contributed by atoms with Crippen molar-refractivity contribution < 1.29 is 0 Å². The molecule has 5 heteroatoms. The minimum absolute atomic E-state index is 0.276. The van der Waals surface area contributed by atoms with Crippen LogP contribution >= 0.6 is 11.3 Å². The van der Waals surface area contributed by atoms with Crippen molar-refractivity contribution in [1.82, 2.24) is 15.6 Å². The van der Waals surface area contributed by atoms with Crippen LogP contribution in [0.4, 0.5) is 0 Å². The first-order chi connectivity index (χ1) is 9.82. The Kier molecular flexibility index (Phi) is 7.15. The molecule has 1 heterocycles. The third-order valence-corrected chi connectivity index (χ3v) is 4.19. The molecule has 1 aromatic heterocycles. The van der Waals surface area contributed by atoms with E-state index in [9.17, 15) is 0 Å². The van der Waals surface area contributed by atoms with Crippen molar-refractivity contribution in [3.8, 4) is 0 Å². The van der Waals surface area contributed by atoms with Gasteiger partial charge in [0, 0.05) is 37.6 Å². The fraction of sp³-hybridized carbons (Fsp3) is 0.750. The van der Waals surface area contributed by atoms with Gasteiger partial charge in [0.25, 0.3) is 0 Å². The highest BCUT2D eigenvalue weighted by atomic mass is 32.1. The molecule has 0 spiro atoms. The van der Waals surface area contributed by atoms with E-state index in [2.05, 4.69) is 55.2 Å². The molecule has 0 radical (unpaired) electrons. The summed E-state index contributed by atoms with van der Waals surface area (Å²) >= 11 is 1.76. The summed E-state index contributed by atoms with van der Waals surface area (Å²) in [5.74, 6) is 1.59. The molecule has 0 saturated heterocycles. The van der Waals surface area contributed by atoms with E-state index < -0.39 is 0 Å². The van der Waals surface area contributed by atoms with Crippen LogP contribution in [-0.4, -0.2) is 31.1 Å². The second-order valence-corrected chi connectivity index (χ2v) is 8.05. The Morgan fingerprint density at radius 3 is 2.62 bits per heavy atom. The lowest BCUT2D eigenvalue weighted by Gasteiger charge is -2.27. The maximum Gasteiger partial charge on any atom is 0.191 e. The van der Waals surface area contributed by atoms with E-state index in [0.717, 1.165) is 25.5 Å². The van der Waals surface area contributed by atoms with Gasteiger partial charge >= 0.3 is 0 Å². The van der Waals surface area contributed by atoms with Crippen molar-refractivity contribution in [3.63, 3.8) is 0 Å². The minimum Gasteiger partial charge on any atom is -0.356 e. The first-order valence-electron chi connectivity index (χ1n) is 7.68. The average molecular weight is 311 g/mol. The molecule has 0 aromatic carbocycles. The molecule has 0 aliphatic rings. The molecule has 0 aliphatic carbocycles. The lowest BCUT2D eigenvalue weighted by Crippen LogP contribution is -2.43. The largest absolute Gasteiger partial charge is 0.356 e. The average Bonchev–Trinajstić information content (AvgIpc) is 2.77. The van der Waals surface area contributed by atoms with Crippen LogP contribution in [0.15, 0.2) is 11.2 Å². The number of rotatable bonds is 7. The molecule has 2 N–H and O–H groups in total. The van der Waals surface area contributed by atoms with Crippen molar-refractivity contribution in [2.45, 2.75) is 47.5 Å². The van der Waals surface area contributed by atoms with Gasteiger partial charge in [-0.15, -0.1) is 11.3 Å². The molecule has 0 atom stereocenters. The normalized spacial score (nSPS) is 12.8. The number of aliphatic imine (C=N–C) groups is 1. The Morgan fingerprint density at radius 2 is 2.10 bits per heavy atom. The maximum absolute atomic E-state index is 4.37. The monoisotopic (exact) mass is 310 g/mol. The number of aryl methyl sites for hydroxylation is 1. The molecule has 21 heavy (non-hydrogen) atoms. The molecule has 0 amide bonds. The lowest BCUT2D eigenvalue weighted by molar-refractivity contribution is 0.286. The van der Waals surface area contributed by atoms with Crippen molar-refractivity contribution in [1.29, 1.82) is 0 Å². The third-order valence-electron chi connectivity index (χ3n) is 3.22. The molecule has 0 bridgehead atoms. The summed E-state index contributed by atoms with van der Waals surface area (Å²) in [6, 6.07) is 0. The summed E-state index contributed by atoms with van der Waals surface area (Å²) in [7, 11) is 1.82. The molecule has 0 saturated carbocycles. The van der Waals surface area contributed by atoms with Gasteiger partial charge in [-0.05, 0) is 24.7 Å². The van der Waals surface area contributed by atoms with Gasteiger partial charge in [0.05, 0.1) is 5.01 Å². The first kappa shape index (κ1) is 18.0. The number of nitrogens with one attached hydrogen (secondary N) is 2. The van der Waals surface area contributed by atoms with E-state index in [4.69, 9.17) is 0 Å². The predicted molar refractivity (Wildman–Crippen MR) is 93.2 cm³/mol. The van der Waals surface area contributed by atoms with Crippen molar-refractivity contribution in [2.24, 2.45) is 16.3 Å². The van der Waals surface area contributed by atoms with Gasteiger partial charge in [0.15, 0.2) is 5.96 Å². The topological polar surface area (TPSA) is 49.3 Å². The van der Waals surface area contributed by atoms with Gasteiger partial charge in [-0.3, -0.25) is 4.99 Å². The number of nitrogens with zero attached hydrogens (tertiary/aromatic N) is 2. The van der Waals surface area contributed by atoms with Gasteiger partial charge in [0.2, 0.25) is 0 Å². The second kappa shape index (κ2) is 8.37. The predicted octanol–water partition coefficient (Wildman–Crippen LogP) is 3.23. The molecule has 0 fully saturated rings. The standard InChI is InChI=1S/C16H30N4S/c1-12(2)9-16(4,5)11-20-15(17-6)18-8-7-14-19-10-13(3)21-14/h10,12H,7-9,11H2,1-6H3,(H2,17,18,20). The SMILES string of the molecule is CN=C(NCCc1ncc(C)s1)NCC(C)(C)CC(C)C. The maximum atomic E-state index is 4.37. The molecule has 0 unspecified atom stereocenters. The zero-order valence-corrected chi connectivity index (χ0v) is 15.1. The smallest absolute Gasteiger partial charge is 0.191 e. The van der Waals surface area contributed by atoms with Crippen LogP contribution in [0, 0.1) is 18.3 Å². The fourth-order valence-electron chi connectivity index (χ4n) is 2.53. The van der Waals surface area contributed by atoms with Crippen LogP contribution in [0.3, 0.4) is 0 Å². The number of aromatic nitrogens is 1. The Balaban J connectivity index is 2.32. The minimum atomic E-state index is 0.276. The fourth-order valence-corrected chi connectivity index (χ4v) is 3.31. The highest BCUT2D eigenvalue weighted by molar-refractivity contribution is 7.11. The first-order valence-corrected chi connectivity index (χ1v) is 8.50. The van der Waals surface area contributed by atoms with Crippen molar-refractivity contribution >= 4 is 17.3 Å². The van der Waals surface area contributed by atoms with E-state index in [0.29, 0.717) is 5.92 Å². The lowest BCUT2D eigenvalue weighted by atomic mass is 9.84. The number of guanidine groups is 1. The molecular weight excluding hydrogens is 280 g/mol. The number of hydrogen-bond acceptors (Lipinski definition) is 3. The van der Waals surface area contributed by atoms with E-state index in [1.54, 1.807) is 11.3 Å². The second-order valence-electron chi connectivity index (χ2n) is 6.73. The van der Waals surface area contributed by atoms with Gasteiger partial charge in [-0.25, -0.2) is 4.98 Å². The Labute approximate surface area is 133 Å². The molecule has 1 rings (SSSR count). The highest BCUT2D eigenvalue weighted by Gasteiger charge is 2.19. The van der Waals surface area contributed by atoms with Gasteiger partial charge in [0.1, 0.15) is 0 Å². The molecule has 120 valence electrons. The summed E-state index contributed by atoms with van der Waals surface area (Å²) in [5, 5.41) is 7.96. The van der Waals surface area contributed by atoms with Crippen LogP contribution < -0.4 is 10.6 Å². The van der Waals surface area contributed by atoms with Crippen LogP contribution in [-0.2, 0) is 6.42 Å². The molecule has 1 aromatic rings. The summed E-state index contributed by atoms with van der Waals surface area (Å²) in [6.45, 7) is 13.0. The number of hydrogen-bond donors (Lipinski definition) is 2. The summed E-state index contributed by atoms with van der Waals surface area (Å²) in [6.07, 6.45) is 4.07. The molecule has 4 nitrogen and oxygen atoms in total. The van der Waals surface area contributed by atoms with Crippen LogP contribution in [0.2, 0.25) is 0 Å². The summed E-state index contributed by atoms with van der Waals surface area (Å²) in [4.78, 5) is 9.93. The van der Waals surface area contributed by atoms with E-state index in [1.165, 1.54) is 16.3 Å². The van der Waals surface area contributed by atoms with Gasteiger partial charge in [-0.1, -0.05) is 27.7 Å². The van der Waals surface area contributed by atoms with Crippen molar-refractivity contribution in [2.75, 3.05) is 20.1 Å². The summed E-state index contributed by atoms with van der Waals surface area (Å²) in [5.41, 5.74) is 0.276. The number of thiazole rings is 1. The van der Waals surface area contributed by atoms with Crippen LogP contribution in [0.25, 0.3) is 0 Å². The quantitative estimate of drug-likeness (QED) is 0.600. The Hall–Kier alpha value is -1.10. The Bertz CT molecular complexity index is 449. The van der Waals surface area contributed by atoms with Gasteiger partial charge in [-0.2, -0.15) is 0 Å². The third kappa shape index (κ3) is 7.46.